The molecule has 0 atom stereocenters. The molecule has 3 rings (SSSR count). The third-order valence-corrected chi connectivity index (χ3v) is 4.80. The number of carbonyl (C=O) groups is 2. The van der Waals surface area contributed by atoms with Crippen molar-refractivity contribution < 1.29 is 14.0 Å². The number of nitrogens with zero attached hydrogens (tertiary/aromatic N) is 3. The fraction of sp³-hybridized carbons (Fsp3) is 0.450. The maximum atomic E-state index is 13.4. The second-order valence-electron chi connectivity index (χ2n) is 6.88. The van der Waals surface area contributed by atoms with Crippen molar-refractivity contribution in [1.29, 1.82) is 0 Å². The van der Waals surface area contributed by atoms with Crippen molar-refractivity contribution in [1.82, 2.24) is 14.5 Å². The minimum Gasteiger partial charge on any atom is -0.340 e. The predicted octanol–water partition coefficient (Wildman–Crippen LogP) is 3.48. The molecule has 1 aromatic heterocycles. The molecule has 0 spiro atoms. The van der Waals surface area contributed by atoms with Crippen LogP contribution in [-0.4, -0.2) is 39.9 Å². The molecule has 0 aliphatic carbocycles. The largest absolute Gasteiger partial charge is 0.340 e. The summed E-state index contributed by atoms with van der Waals surface area (Å²) >= 11 is 0. The van der Waals surface area contributed by atoms with Gasteiger partial charge in [-0.25, -0.2) is 9.37 Å². The van der Waals surface area contributed by atoms with Gasteiger partial charge in [0.2, 0.25) is 0 Å². The van der Waals surface area contributed by atoms with E-state index in [4.69, 9.17) is 0 Å². The van der Waals surface area contributed by atoms with E-state index >= 15 is 0 Å². The van der Waals surface area contributed by atoms with Crippen molar-refractivity contribution in [3.05, 3.63) is 47.3 Å². The molecular weight excluding hydrogens is 347 g/mol. The van der Waals surface area contributed by atoms with Gasteiger partial charge < -0.3 is 14.8 Å². The molecule has 2 heterocycles. The number of rotatable bonds is 6. The van der Waals surface area contributed by atoms with Gasteiger partial charge in [-0.05, 0) is 43.9 Å². The fourth-order valence-corrected chi connectivity index (χ4v) is 3.32. The molecule has 0 bridgehead atoms. The van der Waals surface area contributed by atoms with E-state index in [1.54, 1.807) is 18.0 Å². The number of benzene rings is 1. The minimum absolute atomic E-state index is 0.154. The van der Waals surface area contributed by atoms with Crippen LogP contribution in [0.1, 0.15) is 59.4 Å². The summed E-state index contributed by atoms with van der Waals surface area (Å²) in [6.45, 7) is 3.39. The summed E-state index contributed by atoms with van der Waals surface area (Å²) in [5.74, 6) is -0.800. The maximum Gasteiger partial charge on any atom is 0.291 e. The van der Waals surface area contributed by atoms with Crippen LogP contribution < -0.4 is 5.32 Å². The molecule has 1 aromatic carbocycles. The molecule has 0 fully saturated rings. The summed E-state index contributed by atoms with van der Waals surface area (Å²) in [5.41, 5.74) is 1.54. The van der Waals surface area contributed by atoms with Crippen LogP contribution in [-0.2, 0) is 13.0 Å². The zero-order valence-corrected chi connectivity index (χ0v) is 15.8. The monoisotopic (exact) mass is 372 g/mol. The first-order valence-corrected chi connectivity index (χ1v) is 9.43. The molecule has 1 N–H and O–H groups in total. The van der Waals surface area contributed by atoms with Crippen molar-refractivity contribution in [2.24, 2.45) is 0 Å². The normalized spacial score (nSPS) is 13.1. The van der Waals surface area contributed by atoms with E-state index in [9.17, 15) is 14.0 Å². The molecule has 27 heavy (non-hydrogen) atoms. The number of fused-ring (bicyclic) bond motifs is 1. The Morgan fingerprint density at radius 2 is 2.15 bits per heavy atom. The number of aromatic nitrogens is 2. The first-order chi connectivity index (χ1) is 13.0. The van der Waals surface area contributed by atoms with E-state index in [-0.39, 0.29) is 11.7 Å². The number of amides is 2. The van der Waals surface area contributed by atoms with Gasteiger partial charge in [0.25, 0.3) is 11.8 Å². The molecule has 0 unspecified atom stereocenters. The molecular formula is C20H25FN4O2. The SMILES string of the molecule is CCCCN(C)C(=O)c1nc(C(=O)Nc2cccc(F)c2)n2c1CCCC2. The first kappa shape index (κ1) is 19.1. The van der Waals surface area contributed by atoms with Gasteiger partial charge in [0.15, 0.2) is 5.82 Å². The van der Waals surface area contributed by atoms with Gasteiger partial charge in [0, 0.05) is 25.8 Å². The lowest BCUT2D eigenvalue weighted by Crippen LogP contribution is -2.29. The third kappa shape index (κ3) is 4.18. The van der Waals surface area contributed by atoms with Gasteiger partial charge in [-0.2, -0.15) is 0 Å². The summed E-state index contributed by atoms with van der Waals surface area (Å²) in [7, 11) is 1.76. The smallest absolute Gasteiger partial charge is 0.291 e. The average molecular weight is 372 g/mol. The Morgan fingerprint density at radius 3 is 2.89 bits per heavy atom. The zero-order chi connectivity index (χ0) is 19.4. The molecule has 1 aliphatic rings. The molecule has 7 heteroatoms. The summed E-state index contributed by atoms with van der Waals surface area (Å²) in [6, 6.07) is 5.72. The number of anilines is 1. The highest BCUT2D eigenvalue weighted by atomic mass is 19.1. The van der Waals surface area contributed by atoms with Gasteiger partial charge in [-0.1, -0.05) is 19.4 Å². The highest BCUT2D eigenvalue weighted by Crippen LogP contribution is 2.23. The summed E-state index contributed by atoms with van der Waals surface area (Å²) in [6.07, 6.45) is 4.55. The van der Waals surface area contributed by atoms with Crippen molar-refractivity contribution in [2.45, 2.75) is 45.6 Å². The van der Waals surface area contributed by atoms with Gasteiger partial charge in [-0.3, -0.25) is 9.59 Å². The Labute approximate surface area is 158 Å². The third-order valence-electron chi connectivity index (χ3n) is 4.80. The Hall–Kier alpha value is -2.70. The number of halogens is 1. The maximum absolute atomic E-state index is 13.4. The quantitative estimate of drug-likeness (QED) is 0.844. The average Bonchev–Trinajstić information content (AvgIpc) is 3.05. The van der Waals surface area contributed by atoms with Crippen molar-refractivity contribution in [3.63, 3.8) is 0 Å². The van der Waals surface area contributed by atoms with E-state index < -0.39 is 11.7 Å². The summed E-state index contributed by atoms with van der Waals surface area (Å²) in [5, 5.41) is 2.68. The van der Waals surface area contributed by atoms with Crippen molar-refractivity contribution >= 4 is 17.5 Å². The Bertz CT molecular complexity index is 847. The molecule has 1 aliphatic heterocycles. The van der Waals surface area contributed by atoms with Crippen LogP contribution in [0, 0.1) is 5.82 Å². The number of unbranched alkanes of at least 4 members (excludes halogenated alkanes) is 1. The standard InChI is InChI=1S/C20H25FN4O2/c1-3-4-11-24(2)20(27)17-16-10-5-6-12-25(16)18(23-17)19(26)22-15-9-7-8-14(21)13-15/h7-9,13H,3-6,10-12H2,1-2H3,(H,22,26). The zero-order valence-electron chi connectivity index (χ0n) is 15.8. The number of nitrogens with one attached hydrogen (secondary N) is 1. The van der Waals surface area contributed by atoms with Crippen LogP contribution in [0.4, 0.5) is 10.1 Å². The number of imidazole rings is 1. The molecule has 6 nitrogen and oxygen atoms in total. The summed E-state index contributed by atoms with van der Waals surface area (Å²) in [4.78, 5) is 31.6. The highest BCUT2D eigenvalue weighted by Gasteiger charge is 2.28. The summed E-state index contributed by atoms with van der Waals surface area (Å²) < 4.78 is 15.2. The second kappa shape index (κ2) is 8.33. The second-order valence-corrected chi connectivity index (χ2v) is 6.88. The van der Waals surface area contributed by atoms with Gasteiger partial charge in [0.05, 0.1) is 5.69 Å². The van der Waals surface area contributed by atoms with E-state index in [0.717, 1.165) is 37.8 Å². The van der Waals surface area contributed by atoms with E-state index in [2.05, 4.69) is 17.2 Å². The van der Waals surface area contributed by atoms with Crippen LogP contribution in [0.2, 0.25) is 0 Å². The Kier molecular flexibility index (Phi) is 5.88. The molecule has 2 aromatic rings. The molecule has 0 saturated carbocycles. The van der Waals surface area contributed by atoms with Crippen LogP contribution >= 0.6 is 0 Å². The first-order valence-electron chi connectivity index (χ1n) is 9.43. The number of carbonyl (C=O) groups excluding carboxylic acids is 2. The predicted molar refractivity (Wildman–Crippen MR) is 101 cm³/mol. The van der Waals surface area contributed by atoms with E-state index in [1.807, 2.05) is 4.57 Å². The lowest BCUT2D eigenvalue weighted by atomic mass is 10.1. The number of hydrogen-bond donors (Lipinski definition) is 1. The minimum atomic E-state index is -0.431. The lowest BCUT2D eigenvalue weighted by Gasteiger charge is -2.19. The van der Waals surface area contributed by atoms with Crippen molar-refractivity contribution in [2.75, 3.05) is 18.9 Å². The molecule has 0 radical (unpaired) electrons. The molecule has 2 amide bonds. The Morgan fingerprint density at radius 1 is 1.33 bits per heavy atom. The van der Waals surface area contributed by atoms with Gasteiger partial charge >= 0.3 is 0 Å². The van der Waals surface area contributed by atoms with Gasteiger partial charge in [0.1, 0.15) is 11.5 Å². The van der Waals surface area contributed by atoms with Gasteiger partial charge in [-0.15, -0.1) is 0 Å². The van der Waals surface area contributed by atoms with E-state index in [0.29, 0.717) is 24.5 Å². The molecule has 144 valence electrons. The van der Waals surface area contributed by atoms with Crippen LogP contribution in [0.15, 0.2) is 24.3 Å². The topological polar surface area (TPSA) is 67.2 Å². The van der Waals surface area contributed by atoms with E-state index in [1.165, 1.54) is 18.2 Å². The van der Waals surface area contributed by atoms with Crippen LogP contribution in [0.5, 0.6) is 0 Å². The lowest BCUT2D eigenvalue weighted by molar-refractivity contribution is 0.0786. The molecule has 0 saturated heterocycles. The fourth-order valence-electron chi connectivity index (χ4n) is 3.32. The van der Waals surface area contributed by atoms with Crippen LogP contribution in [0.3, 0.4) is 0 Å². The van der Waals surface area contributed by atoms with Crippen molar-refractivity contribution in [3.8, 4) is 0 Å². The number of hydrogen-bond acceptors (Lipinski definition) is 3. The Balaban J connectivity index is 1.88. The highest BCUT2D eigenvalue weighted by molar-refractivity contribution is 6.03. The van der Waals surface area contributed by atoms with Crippen LogP contribution in [0.25, 0.3) is 0 Å².